The van der Waals surface area contributed by atoms with Crippen molar-refractivity contribution >= 4 is 29.4 Å². The number of benzene rings is 1. The lowest BCUT2D eigenvalue weighted by Gasteiger charge is -2.21. The number of fused-ring (bicyclic) bond motifs is 5. The summed E-state index contributed by atoms with van der Waals surface area (Å²) >= 11 is 0. The molecule has 3 aromatic rings. The van der Waals surface area contributed by atoms with Gasteiger partial charge in [0.2, 0.25) is 0 Å². The topological polar surface area (TPSA) is 187 Å². The molecule has 0 saturated carbocycles. The van der Waals surface area contributed by atoms with Gasteiger partial charge in [0.15, 0.2) is 6.10 Å². The van der Waals surface area contributed by atoms with Crippen LogP contribution in [0.2, 0.25) is 0 Å². The average Bonchev–Trinajstić information content (AvgIpc) is 3.35. The third-order valence-corrected chi connectivity index (χ3v) is 6.26. The molecule has 0 fully saturated rings. The number of hydrogen-bond donors (Lipinski definition) is 4. The molecule has 42 heavy (non-hydrogen) atoms. The van der Waals surface area contributed by atoms with Crippen LogP contribution in [0.1, 0.15) is 49.1 Å². The van der Waals surface area contributed by atoms with Crippen molar-refractivity contribution in [1.82, 2.24) is 14.9 Å². The zero-order valence-corrected chi connectivity index (χ0v) is 23.5. The smallest absolute Gasteiger partial charge is 0.407 e. The first-order valence-electron chi connectivity index (χ1n) is 13.1. The normalized spacial score (nSPS) is 14.0. The summed E-state index contributed by atoms with van der Waals surface area (Å²) in [6.07, 6.45) is -2.26. The Labute approximate surface area is 241 Å². The number of aromatic nitrogens is 2. The Morgan fingerprint density at radius 1 is 1.26 bits per heavy atom. The standard InChI is InChI=1S/C26H25N3O8.C2H6.CH2O2/c1-13(2)11-36-14-3-4-20-15(7-14)17(9-27-26(34)35-6-5-30)18-10-29-21(22(18)28-20)8-16-19(24(29)32)12-37-25(33)23(16)31;1-2;2-1-3/h3-4,7-8,23,30-31H,1,5-6,9-12H2,2H3,(H,27,34);1-2H3;1H,(H,2,3). The Kier molecular flexibility index (Phi) is 10.8. The number of cyclic esters (lactones) is 1. The van der Waals surface area contributed by atoms with E-state index in [1.165, 1.54) is 4.57 Å². The van der Waals surface area contributed by atoms with Crippen molar-refractivity contribution in [3.63, 3.8) is 0 Å². The number of aliphatic hydroxyl groups is 2. The van der Waals surface area contributed by atoms with Gasteiger partial charge in [-0.3, -0.25) is 9.59 Å². The van der Waals surface area contributed by atoms with Crippen LogP contribution in [0.15, 0.2) is 41.2 Å². The van der Waals surface area contributed by atoms with Gasteiger partial charge in [-0.15, -0.1) is 0 Å². The van der Waals surface area contributed by atoms with E-state index >= 15 is 0 Å². The van der Waals surface area contributed by atoms with E-state index in [-0.39, 0.29) is 56.1 Å². The molecule has 1 aromatic carbocycles. The highest BCUT2D eigenvalue weighted by Crippen LogP contribution is 2.38. The lowest BCUT2D eigenvalue weighted by molar-refractivity contribution is -0.157. The molecular weight excluding hydrogens is 550 g/mol. The predicted molar refractivity (Wildman–Crippen MR) is 151 cm³/mol. The highest BCUT2D eigenvalue weighted by molar-refractivity contribution is 5.89. The highest BCUT2D eigenvalue weighted by Gasteiger charge is 2.34. The number of rotatable bonds is 7. The molecule has 0 saturated heterocycles. The van der Waals surface area contributed by atoms with Crippen LogP contribution in [0.3, 0.4) is 0 Å². The average molecular weight is 584 g/mol. The summed E-state index contributed by atoms with van der Waals surface area (Å²) in [5, 5.41) is 29.6. The van der Waals surface area contributed by atoms with Crippen molar-refractivity contribution in [3.05, 3.63) is 69.0 Å². The van der Waals surface area contributed by atoms with E-state index < -0.39 is 18.2 Å². The highest BCUT2D eigenvalue weighted by atomic mass is 16.6. The fourth-order valence-electron chi connectivity index (χ4n) is 4.54. The van der Waals surface area contributed by atoms with E-state index in [1.807, 2.05) is 26.8 Å². The largest absolute Gasteiger partial charge is 0.489 e. The Balaban J connectivity index is 0.000000910. The number of pyridine rings is 2. The maximum absolute atomic E-state index is 13.3. The number of hydrogen-bond acceptors (Lipinski definition) is 10. The number of nitrogens with zero attached hydrogens (tertiary/aromatic N) is 2. The maximum atomic E-state index is 13.3. The van der Waals surface area contributed by atoms with Gasteiger partial charge in [0, 0.05) is 23.1 Å². The number of alkyl carbamates (subject to hydrolysis) is 1. The van der Waals surface area contributed by atoms with E-state index in [0.29, 0.717) is 45.8 Å². The van der Waals surface area contributed by atoms with Gasteiger partial charge in [-0.2, -0.15) is 0 Å². The van der Waals surface area contributed by atoms with Crippen LogP contribution in [0.25, 0.3) is 22.3 Å². The molecule has 5 rings (SSSR count). The van der Waals surface area contributed by atoms with E-state index in [1.54, 1.807) is 18.2 Å². The van der Waals surface area contributed by atoms with E-state index in [9.17, 15) is 19.5 Å². The third-order valence-electron chi connectivity index (χ3n) is 6.26. The molecule has 2 aliphatic rings. The second kappa shape index (κ2) is 14.2. The second-order valence-corrected chi connectivity index (χ2v) is 9.03. The van der Waals surface area contributed by atoms with Crippen LogP contribution in [-0.2, 0) is 38.8 Å². The summed E-state index contributed by atoms with van der Waals surface area (Å²) in [6, 6.07) is 6.96. The van der Waals surface area contributed by atoms with Crippen LogP contribution in [0.5, 0.6) is 5.75 Å². The van der Waals surface area contributed by atoms with Gasteiger partial charge in [0.25, 0.3) is 12.0 Å². The molecule has 1 amide bonds. The minimum Gasteiger partial charge on any atom is -0.489 e. The molecular formula is C29H33N3O10. The lowest BCUT2D eigenvalue weighted by atomic mass is 9.98. The Hall–Kier alpha value is -4.75. The summed E-state index contributed by atoms with van der Waals surface area (Å²) in [6.45, 7) is 9.35. The van der Waals surface area contributed by atoms with Crippen molar-refractivity contribution in [2.45, 2.75) is 46.6 Å². The Morgan fingerprint density at radius 2 is 1.98 bits per heavy atom. The van der Waals surface area contributed by atoms with E-state index in [0.717, 1.165) is 5.57 Å². The molecule has 0 radical (unpaired) electrons. The number of amides is 1. The molecule has 13 heteroatoms. The molecule has 224 valence electrons. The van der Waals surface area contributed by atoms with Gasteiger partial charge < -0.3 is 39.4 Å². The molecule has 4 heterocycles. The van der Waals surface area contributed by atoms with Crippen LogP contribution in [0, 0.1) is 0 Å². The second-order valence-electron chi connectivity index (χ2n) is 9.03. The molecule has 1 unspecified atom stereocenters. The minimum absolute atomic E-state index is 0.0578. The number of carboxylic acid groups (broad SMARTS) is 1. The van der Waals surface area contributed by atoms with E-state index in [4.69, 9.17) is 34.2 Å². The molecule has 0 spiro atoms. The van der Waals surface area contributed by atoms with Crippen molar-refractivity contribution < 1.29 is 43.9 Å². The first kappa shape index (κ1) is 31.8. The summed E-state index contributed by atoms with van der Waals surface area (Å²) in [4.78, 5) is 50.5. The van der Waals surface area contributed by atoms with E-state index in [2.05, 4.69) is 11.9 Å². The monoisotopic (exact) mass is 583 g/mol. The third kappa shape index (κ3) is 6.58. The Morgan fingerprint density at radius 3 is 2.64 bits per heavy atom. The zero-order valence-electron chi connectivity index (χ0n) is 23.5. The van der Waals surface area contributed by atoms with Gasteiger partial charge in [-0.1, -0.05) is 20.4 Å². The zero-order chi connectivity index (χ0) is 31.0. The number of carbonyl (C=O) groups excluding carboxylic acids is 2. The number of ether oxygens (including phenoxy) is 3. The quantitative estimate of drug-likeness (QED) is 0.142. The summed E-state index contributed by atoms with van der Waals surface area (Å²) in [7, 11) is 0. The number of nitrogens with one attached hydrogen (secondary N) is 1. The Bertz CT molecular complexity index is 1560. The van der Waals surface area contributed by atoms with Crippen molar-refractivity contribution in [2.24, 2.45) is 0 Å². The SMILES string of the molecule is C=C(C)COc1ccc2nc3c(c(CNC(=O)OCCO)c2c1)Cn1c-3cc2c(c1=O)COC(=O)C2O.CC.O=CO. The van der Waals surface area contributed by atoms with Crippen molar-refractivity contribution in [1.29, 1.82) is 0 Å². The van der Waals surface area contributed by atoms with Gasteiger partial charge in [-0.25, -0.2) is 14.6 Å². The summed E-state index contributed by atoms with van der Waals surface area (Å²) in [5.74, 6) is -0.224. The molecule has 13 nitrogen and oxygen atoms in total. The molecule has 2 aliphatic heterocycles. The summed E-state index contributed by atoms with van der Waals surface area (Å²) < 4.78 is 17.2. The molecule has 4 N–H and O–H groups in total. The first-order chi connectivity index (χ1) is 20.2. The molecule has 0 bridgehead atoms. The maximum Gasteiger partial charge on any atom is 0.407 e. The van der Waals surface area contributed by atoms with Crippen molar-refractivity contribution in [3.8, 4) is 17.1 Å². The predicted octanol–water partition coefficient (Wildman–Crippen LogP) is 2.42. The first-order valence-corrected chi connectivity index (χ1v) is 13.1. The number of carbonyl (C=O) groups is 3. The summed E-state index contributed by atoms with van der Waals surface area (Å²) in [5.41, 5.74) is 3.87. The lowest BCUT2D eigenvalue weighted by Crippen LogP contribution is -2.32. The molecule has 2 aromatic heterocycles. The van der Waals surface area contributed by atoms with Gasteiger partial charge in [-0.05, 0) is 42.3 Å². The number of esters is 1. The molecule has 1 atom stereocenters. The van der Waals surface area contributed by atoms with Crippen LogP contribution >= 0.6 is 0 Å². The van der Waals surface area contributed by atoms with Crippen molar-refractivity contribution in [2.75, 3.05) is 19.8 Å². The van der Waals surface area contributed by atoms with Gasteiger partial charge in [0.1, 0.15) is 25.6 Å². The number of aliphatic hydroxyl groups excluding tert-OH is 2. The minimum atomic E-state index is -1.55. The van der Waals surface area contributed by atoms with Crippen LogP contribution < -0.4 is 15.6 Å². The fourth-order valence-corrected chi connectivity index (χ4v) is 4.54. The van der Waals surface area contributed by atoms with Crippen LogP contribution in [-0.4, -0.2) is 63.2 Å². The fraction of sp³-hybridized carbons (Fsp3) is 0.345. The van der Waals surface area contributed by atoms with Gasteiger partial charge >= 0.3 is 12.1 Å². The van der Waals surface area contributed by atoms with Crippen LogP contribution in [0.4, 0.5) is 4.79 Å². The van der Waals surface area contributed by atoms with Gasteiger partial charge in [0.05, 0.1) is 35.6 Å². The molecule has 0 aliphatic carbocycles.